The highest BCUT2D eigenvalue weighted by atomic mass is 79.9. The number of carbonyl (C=O) groups is 2. The van der Waals surface area contributed by atoms with Gasteiger partial charge in [0.05, 0.1) is 16.8 Å². The van der Waals surface area contributed by atoms with Crippen molar-refractivity contribution < 1.29 is 19.1 Å². The third-order valence-corrected chi connectivity index (χ3v) is 5.07. The van der Waals surface area contributed by atoms with Crippen LogP contribution in [0.4, 0.5) is 0 Å². The van der Waals surface area contributed by atoms with E-state index in [1.807, 2.05) is 6.07 Å². The van der Waals surface area contributed by atoms with Crippen molar-refractivity contribution >= 4 is 57.2 Å². The highest BCUT2D eigenvalue weighted by Gasteiger charge is 2.09. The van der Waals surface area contributed by atoms with Crippen LogP contribution >= 0.6 is 39.1 Å². The number of rotatable bonds is 7. The van der Waals surface area contributed by atoms with E-state index in [-0.39, 0.29) is 12.5 Å². The minimum absolute atomic E-state index is 0.302. The zero-order chi connectivity index (χ0) is 22.2. The first-order chi connectivity index (χ1) is 14.9. The van der Waals surface area contributed by atoms with E-state index in [4.69, 9.17) is 32.7 Å². The first-order valence-electron chi connectivity index (χ1n) is 8.89. The molecule has 0 radical (unpaired) electrons. The van der Waals surface area contributed by atoms with Crippen molar-refractivity contribution in [2.24, 2.45) is 5.10 Å². The Hall–Kier alpha value is -2.87. The molecule has 0 saturated heterocycles. The van der Waals surface area contributed by atoms with Gasteiger partial charge >= 0.3 is 5.97 Å². The van der Waals surface area contributed by atoms with Crippen LogP contribution < -0.4 is 14.9 Å². The van der Waals surface area contributed by atoms with Crippen LogP contribution in [0.5, 0.6) is 11.5 Å². The number of amides is 1. The van der Waals surface area contributed by atoms with E-state index in [1.165, 1.54) is 12.3 Å². The number of esters is 1. The SMILES string of the molecule is O=C(COc1ccc(Cl)cc1Cl)Oc1ccc(/C=N\NC(=O)c2ccccc2Br)cc1. The molecule has 0 heterocycles. The fraction of sp³-hybridized carbons (Fsp3) is 0.0455. The lowest BCUT2D eigenvalue weighted by Gasteiger charge is -2.08. The molecule has 0 saturated carbocycles. The third kappa shape index (κ3) is 6.82. The summed E-state index contributed by atoms with van der Waals surface area (Å²) in [7, 11) is 0. The molecule has 0 fully saturated rings. The van der Waals surface area contributed by atoms with E-state index in [2.05, 4.69) is 26.5 Å². The second kappa shape index (κ2) is 10.9. The molecule has 158 valence electrons. The summed E-state index contributed by atoms with van der Waals surface area (Å²) < 4.78 is 11.2. The smallest absolute Gasteiger partial charge is 0.349 e. The Bertz CT molecular complexity index is 1120. The minimum atomic E-state index is -0.590. The molecule has 3 aromatic carbocycles. The number of halogens is 3. The first-order valence-corrected chi connectivity index (χ1v) is 10.4. The van der Waals surface area contributed by atoms with Gasteiger partial charge in [0.2, 0.25) is 0 Å². The molecular formula is C22H15BrCl2N2O4. The van der Waals surface area contributed by atoms with Crippen molar-refractivity contribution in [1.82, 2.24) is 5.43 Å². The summed E-state index contributed by atoms with van der Waals surface area (Å²) in [6, 6.07) is 18.3. The van der Waals surface area contributed by atoms with Crippen molar-refractivity contribution in [3.05, 3.63) is 92.4 Å². The van der Waals surface area contributed by atoms with Gasteiger partial charge in [-0.1, -0.05) is 35.3 Å². The average Bonchev–Trinajstić information content (AvgIpc) is 2.74. The summed E-state index contributed by atoms with van der Waals surface area (Å²) in [5, 5.41) is 4.70. The molecule has 9 heteroatoms. The largest absolute Gasteiger partial charge is 0.480 e. The summed E-state index contributed by atoms with van der Waals surface area (Å²) in [5.41, 5.74) is 3.64. The lowest BCUT2D eigenvalue weighted by Crippen LogP contribution is -2.18. The third-order valence-electron chi connectivity index (χ3n) is 3.85. The molecule has 0 aromatic heterocycles. The molecule has 3 rings (SSSR count). The average molecular weight is 522 g/mol. The number of hydrogen-bond donors (Lipinski definition) is 1. The van der Waals surface area contributed by atoms with Gasteiger partial charge in [0.15, 0.2) is 6.61 Å². The van der Waals surface area contributed by atoms with Crippen molar-refractivity contribution in [2.45, 2.75) is 0 Å². The van der Waals surface area contributed by atoms with Crippen molar-refractivity contribution in [2.75, 3.05) is 6.61 Å². The number of nitrogens with one attached hydrogen (secondary N) is 1. The second-order valence-corrected chi connectivity index (χ2v) is 7.78. The van der Waals surface area contributed by atoms with Gasteiger partial charge in [-0.3, -0.25) is 4.79 Å². The van der Waals surface area contributed by atoms with Crippen molar-refractivity contribution in [3.63, 3.8) is 0 Å². The monoisotopic (exact) mass is 520 g/mol. The summed E-state index contributed by atoms with van der Waals surface area (Å²) in [5.74, 6) is -0.257. The Balaban J connectivity index is 1.49. The molecule has 0 aliphatic rings. The van der Waals surface area contributed by atoms with E-state index in [0.717, 1.165) is 0 Å². The lowest BCUT2D eigenvalue weighted by molar-refractivity contribution is -0.136. The predicted octanol–water partition coefficient (Wildman–Crippen LogP) is 5.50. The highest BCUT2D eigenvalue weighted by Crippen LogP contribution is 2.27. The Morgan fingerprint density at radius 2 is 1.77 bits per heavy atom. The van der Waals surface area contributed by atoms with E-state index in [1.54, 1.807) is 54.6 Å². The summed E-state index contributed by atoms with van der Waals surface area (Å²) in [4.78, 5) is 24.1. The maximum Gasteiger partial charge on any atom is 0.349 e. The minimum Gasteiger partial charge on any atom is -0.480 e. The van der Waals surface area contributed by atoms with Gasteiger partial charge in [0, 0.05) is 9.50 Å². The second-order valence-electron chi connectivity index (χ2n) is 6.09. The fourth-order valence-corrected chi connectivity index (χ4v) is 3.31. The van der Waals surface area contributed by atoms with Gasteiger partial charge in [-0.25, -0.2) is 10.2 Å². The van der Waals surface area contributed by atoms with Gasteiger partial charge < -0.3 is 9.47 Å². The molecule has 3 aromatic rings. The van der Waals surface area contributed by atoms with Crippen LogP contribution in [0.2, 0.25) is 10.0 Å². The molecule has 0 unspecified atom stereocenters. The molecule has 0 atom stereocenters. The predicted molar refractivity (Wildman–Crippen MR) is 123 cm³/mol. The van der Waals surface area contributed by atoms with E-state index in [0.29, 0.717) is 37.1 Å². The summed E-state index contributed by atoms with van der Waals surface area (Å²) in [6.45, 7) is -0.314. The van der Waals surface area contributed by atoms with Crippen LogP contribution in [0.25, 0.3) is 0 Å². The van der Waals surface area contributed by atoms with E-state index in [9.17, 15) is 9.59 Å². The zero-order valence-electron chi connectivity index (χ0n) is 15.8. The molecular weight excluding hydrogens is 507 g/mol. The lowest BCUT2D eigenvalue weighted by atomic mass is 10.2. The number of hydrogen-bond acceptors (Lipinski definition) is 5. The molecule has 1 N–H and O–H groups in total. The number of nitrogens with zero attached hydrogens (tertiary/aromatic N) is 1. The maximum absolute atomic E-state index is 12.1. The quantitative estimate of drug-likeness (QED) is 0.192. The van der Waals surface area contributed by atoms with Crippen molar-refractivity contribution in [3.8, 4) is 11.5 Å². The maximum atomic E-state index is 12.1. The highest BCUT2D eigenvalue weighted by molar-refractivity contribution is 9.10. The standard InChI is InChI=1S/C22H15BrCl2N2O4/c23-18-4-2-1-3-17(18)22(29)27-26-12-14-5-8-16(9-6-14)31-21(28)13-30-20-10-7-15(24)11-19(20)25/h1-12H,13H2,(H,27,29)/b26-12-. The van der Waals surface area contributed by atoms with Crippen LogP contribution in [0, 0.1) is 0 Å². The Kier molecular flexibility index (Phi) is 8.06. The number of benzene rings is 3. The summed E-state index contributed by atoms with van der Waals surface area (Å²) in [6.07, 6.45) is 1.48. The van der Waals surface area contributed by atoms with E-state index >= 15 is 0 Å². The topological polar surface area (TPSA) is 77.0 Å². The molecule has 1 amide bonds. The molecule has 0 spiro atoms. The zero-order valence-corrected chi connectivity index (χ0v) is 18.9. The number of hydrazone groups is 1. The Morgan fingerprint density at radius 1 is 1.03 bits per heavy atom. The molecule has 6 nitrogen and oxygen atoms in total. The molecule has 31 heavy (non-hydrogen) atoms. The Labute approximate surface area is 196 Å². The van der Waals surface area contributed by atoms with E-state index < -0.39 is 5.97 Å². The van der Waals surface area contributed by atoms with Crippen molar-refractivity contribution in [1.29, 1.82) is 0 Å². The van der Waals surface area contributed by atoms with Crippen LogP contribution in [0.15, 0.2) is 76.3 Å². The molecule has 0 aliphatic heterocycles. The molecule has 0 aliphatic carbocycles. The number of ether oxygens (including phenoxy) is 2. The van der Waals surface area contributed by atoms with Gasteiger partial charge in [0.25, 0.3) is 5.91 Å². The number of carbonyl (C=O) groups excluding carboxylic acids is 2. The fourth-order valence-electron chi connectivity index (χ4n) is 2.38. The van der Waals surface area contributed by atoms with Gasteiger partial charge in [0.1, 0.15) is 11.5 Å². The van der Waals surface area contributed by atoms with Crippen LogP contribution in [-0.2, 0) is 4.79 Å². The first kappa shape index (κ1) is 22.8. The van der Waals surface area contributed by atoms with Gasteiger partial charge in [-0.05, 0) is 76.1 Å². The molecule has 0 bridgehead atoms. The summed E-state index contributed by atoms with van der Waals surface area (Å²) >= 11 is 15.1. The van der Waals surface area contributed by atoms with Crippen LogP contribution in [0.1, 0.15) is 15.9 Å². The van der Waals surface area contributed by atoms with Gasteiger partial charge in [-0.15, -0.1) is 0 Å². The van der Waals surface area contributed by atoms with Gasteiger partial charge in [-0.2, -0.15) is 5.10 Å². The van der Waals surface area contributed by atoms with Crippen LogP contribution in [-0.4, -0.2) is 24.7 Å². The van der Waals surface area contributed by atoms with Crippen LogP contribution in [0.3, 0.4) is 0 Å². The normalized spacial score (nSPS) is 10.7. The Morgan fingerprint density at radius 3 is 2.48 bits per heavy atom.